The molecule has 1 rings (SSSR count). The number of amides is 2. The Morgan fingerprint density at radius 1 is 0.630 bits per heavy atom. The second kappa shape index (κ2) is 37.9. The maximum atomic E-state index is 13.7. The van der Waals surface area contributed by atoms with Crippen LogP contribution in [0.1, 0.15) is 207 Å². The monoisotopic (exact) mass is 777 g/mol. The van der Waals surface area contributed by atoms with E-state index in [2.05, 4.69) is 36.4 Å². The number of hydrogen-bond donors (Lipinski definition) is 2. The largest absolute Gasteiger partial charge is 0.466 e. The van der Waals surface area contributed by atoms with Crippen LogP contribution in [0.5, 0.6) is 0 Å². The zero-order valence-corrected chi connectivity index (χ0v) is 36.2. The number of nitrogens with one attached hydrogen (secondary N) is 2. The first-order valence-corrected chi connectivity index (χ1v) is 23.9. The zero-order valence-electron chi connectivity index (χ0n) is 35.4. The van der Waals surface area contributed by atoms with Gasteiger partial charge in [0.05, 0.1) is 19.4 Å². The normalized spacial score (nSPS) is 12.4. The average molecular weight is 777 g/mol. The van der Waals surface area contributed by atoms with Gasteiger partial charge >= 0.3 is 5.97 Å². The van der Waals surface area contributed by atoms with Crippen molar-refractivity contribution in [3.63, 3.8) is 0 Å². The Kier molecular flexibility index (Phi) is 35.1. The Morgan fingerprint density at radius 2 is 1.15 bits per heavy atom. The summed E-state index contributed by atoms with van der Waals surface area (Å²) in [5.41, 5.74) is 0. The number of ether oxygens (including phenoxy) is 1. The highest BCUT2D eigenvalue weighted by molar-refractivity contribution is 7.99. The molecule has 0 bridgehead atoms. The quantitative estimate of drug-likeness (QED) is 0.0508. The molecule has 1 heterocycles. The molecule has 2 amide bonds. The minimum Gasteiger partial charge on any atom is -0.466 e. The highest BCUT2D eigenvalue weighted by atomic mass is 32.2. The van der Waals surface area contributed by atoms with Gasteiger partial charge in [-0.1, -0.05) is 168 Å². The Labute approximate surface area is 336 Å². The molecule has 2 N–H and O–H groups in total. The summed E-state index contributed by atoms with van der Waals surface area (Å²) in [6.07, 6.45) is 39.1. The third-order valence-corrected chi connectivity index (χ3v) is 11.5. The molecule has 0 saturated carbocycles. The van der Waals surface area contributed by atoms with Crippen molar-refractivity contribution < 1.29 is 19.1 Å². The summed E-state index contributed by atoms with van der Waals surface area (Å²) in [5, 5.41) is 6.24. The first kappa shape index (κ1) is 50.0. The third-order valence-electron chi connectivity index (χ3n) is 10.5. The molecule has 0 saturated heterocycles. The minimum absolute atomic E-state index is 0.0238. The van der Waals surface area contributed by atoms with Crippen LogP contribution in [0, 0.1) is 5.92 Å². The van der Waals surface area contributed by atoms with Gasteiger partial charge in [0.1, 0.15) is 6.04 Å². The van der Waals surface area contributed by atoms with Crippen molar-refractivity contribution >= 4 is 29.5 Å². The molecular formula is C45H84N4O4S. The first-order chi connectivity index (χ1) is 26.5. The van der Waals surface area contributed by atoms with Gasteiger partial charge in [-0.15, -0.1) is 0 Å². The van der Waals surface area contributed by atoms with E-state index in [0.717, 1.165) is 64.3 Å². The van der Waals surface area contributed by atoms with Crippen LogP contribution in [0.25, 0.3) is 0 Å². The molecule has 2 unspecified atom stereocenters. The summed E-state index contributed by atoms with van der Waals surface area (Å²) in [7, 11) is 0. The molecule has 0 aliphatic rings. The smallest absolute Gasteiger partial charge is 0.306 e. The van der Waals surface area contributed by atoms with E-state index < -0.39 is 6.04 Å². The van der Waals surface area contributed by atoms with Gasteiger partial charge in [-0.2, -0.15) is 11.8 Å². The van der Waals surface area contributed by atoms with Crippen LogP contribution in [0.4, 0.5) is 0 Å². The molecule has 8 nitrogen and oxygen atoms in total. The van der Waals surface area contributed by atoms with Crippen LogP contribution < -0.4 is 10.6 Å². The molecule has 0 aliphatic heterocycles. The number of nitrogens with zero attached hydrogens (tertiary/aromatic N) is 2. The highest BCUT2D eigenvalue weighted by Crippen LogP contribution is 2.20. The summed E-state index contributed by atoms with van der Waals surface area (Å²) in [6.45, 7) is 8.55. The lowest BCUT2D eigenvalue weighted by molar-refractivity contribution is -0.143. The van der Waals surface area contributed by atoms with Crippen LogP contribution in [0.3, 0.4) is 0 Å². The van der Waals surface area contributed by atoms with Crippen molar-refractivity contribution in [2.24, 2.45) is 5.92 Å². The Morgan fingerprint density at radius 3 is 1.69 bits per heavy atom. The number of aromatic nitrogens is 2. The van der Waals surface area contributed by atoms with E-state index in [0.29, 0.717) is 37.5 Å². The second-order valence-electron chi connectivity index (χ2n) is 15.6. The predicted molar refractivity (Wildman–Crippen MR) is 230 cm³/mol. The van der Waals surface area contributed by atoms with E-state index in [1.54, 1.807) is 24.3 Å². The van der Waals surface area contributed by atoms with Crippen LogP contribution in [0.15, 0.2) is 18.7 Å². The standard InChI is InChI=1S/C45H84N4O4S/c1-4-7-10-13-15-16-17-18-19-20-21-22-24-27-37-53-43(50)32-39-54-38-31-42(45(52)47-33-28-35-49-36-34-46-40-49)48-44(51)41(29-25-12-9-6-3)30-26-23-14-11-8-5-2/h34,36,40-42H,4-33,35,37-39H2,1-3H3,(H,47,52)(H,48,51). The van der Waals surface area contributed by atoms with Gasteiger partial charge in [0.25, 0.3) is 0 Å². The van der Waals surface area contributed by atoms with Gasteiger partial charge in [0, 0.05) is 37.2 Å². The molecule has 0 spiro atoms. The zero-order chi connectivity index (χ0) is 39.2. The molecule has 9 heteroatoms. The Hall–Kier alpha value is -2.03. The van der Waals surface area contributed by atoms with Crippen LogP contribution in [-0.4, -0.2) is 58.0 Å². The molecule has 0 aliphatic carbocycles. The number of esters is 1. The molecule has 314 valence electrons. The third kappa shape index (κ3) is 30.2. The number of rotatable bonds is 40. The average Bonchev–Trinajstić information content (AvgIpc) is 3.70. The molecule has 54 heavy (non-hydrogen) atoms. The van der Waals surface area contributed by atoms with Crippen LogP contribution in [0.2, 0.25) is 0 Å². The minimum atomic E-state index is -0.576. The van der Waals surface area contributed by atoms with Crippen molar-refractivity contribution in [1.29, 1.82) is 0 Å². The van der Waals surface area contributed by atoms with Crippen molar-refractivity contribution in [3.8, 4) is 0 Å². The van der Waals surface area contributed by atoms with Crippen molar-refractivity contribution in [1.82, 2.24) is 20.2 Å². The van der Waals surface area contributed by atoms with Gasteiger partial charge in [-0.3, -0.25) is 14.4 Å². The molecule has 2 atom stereocenters. The Balaban J connectivity index is 2.39. The number of carbonyl (C=O) groups excluding carboxylic acids is 3. The molecule has 1 aromatic heterocycles. The molecular weight excluding hydrogens is 693 g/mol. The molecule has 0 radical (unpaired) electrons. The topological polar surface area (TPSA) is 102 Å². The fourth-order valence-corrected chi connectivity index (χ4v) is 7.90. The van der Waals surface area contributed by atoms with E-state index in [4.69, 9.17) is 4.74 Å². The number of carbonyl (C=O) groups is 3. The lowest BCUT2D eigenvalue weighted by atomic mass is 9.93. The van der Waals surface area contributed by atoms with Crippen molar-refractivity contribution in [2.45, 2.75) is 220 Å². The van der Waals surface area contributed by atoms with E-state index in [1.165, 1.54) is 116 Å². The number of unbranched alkanes of at least 4 members (excludes halogenated alkanes) is 21. The number of imidazole rings is 1. The lowest BCUT2D eigenvalue weighted by Gasteiger charge is -2.23. The highest BCUT2D eigenvalue weighted by Gasteiger charge is 2.25. The number of aryl methyl sites for hydroxylation is 1. The SMILES string of the molecule is CCCCCCCCCCCCCCCCOC(=O)CCSCCC(NC(=O)C(CCCCCC)CCCCCCCC)C(=O)NCCCn1ccnc1. The summed E-state index contributed by atoms with van der Waals surface area (Å²) in [5.74, 6) is 1.06. The molecule has 0 fully saturated rings. The van der Waals surface area contributed by atoms with Gasteiger partial charge in [-0.05, 0) is 37.9 Å². The maximum Gasteiger partial charge on any atom is 0.306 e. The van der Waals surface area contributed by atoms with Gasteiger partial charge < -0.3 is 19.9 Å². The molecule has 1 aromatic rings. The summed E-state index contributed by atoms with van der Waals surface area (Å²) in [6, 6.07) is -0.576. The maximum absolute atomic E-state index is 13.7. The van der Waals surface area contributed by atoms with Gasteiger partial charge in [0.2, 0.25) is 11.8 Å². The summed E-state index contributed by atoms with van der Waals surface area (Å²) >= 11 is 1.65. The van der Waals surface area contributed by atoms with E-state index >= 15 is 0 Å². The van der Waals surface area contributed by atoms with Gasteiger partial charge in [-0.25, -0.2) is 4.98 Å². The van der Waals surface area contributed by atoms with Crippen LogP contribution in [-0.2, 0) is 25.7 Å². The second-order valence-corrected chi connectivity index (χ2v) is 16.8. The van der Waals surface area contributed by atoms with Crippen molar-refractivity contribution in [2.75, 3.05) is 24.7 Å². The van der Waals surface area contributed by atoms with Crippen molar-refractivity contribution in [3.05, 3.63) is 18.7 Å². The summed E-state index contributed by atoms with van der Waals surface area (Å²) in [4.78, 5) is 43.5. The van der Waals surface area contributed by atoms with Gasteiger partial charge in [0.15, 0.2) is 0 Å². The first-order valence-electron chi connectivity index (χ1n) is 22.8. The van der Waals surface area contributed by atoms with E-state index in [-0.39, 0.29) is 23.7 Å². The number of hydrogen-bond acceptors (Lipinski definition) is 6. The lowest BCUT2D eigenvalue weighted by Crippen LogP contribution is -2.49. The van der Waals surface area contributed by atoms with E-state index in [9.17, 15) is 14.4 Å². The van der Waals surface area contributed by atoms with Crippen LogP contribution >= 0.6 is 11.8 Å². The number of thioether (sulfide) groups is 1. The molecule has 0 aromatic carbocycles. The Bertz CT molecular complexity index is 992. The fourth-order valence-electron chi connectivity index (χ4n) is 6.98. The summed E-state index contributed by atoms with van der Waals surface area (Å²) < 4.78 is 7.50. The fraction of sp³-hybridized carbons (Fsp3) is 0.867. The van der Waals surface area contributed by atoms with E-state index in [1.807, 2.05) is 10.8 Å². The predicted octanol–water partition coefficient (Wildman–Crippen LogP) is 11.7.